The normalized spacial score (nSPS) is 18.9. The highest BCUT2D eigenvalue weighted by molar-refractivity contribution is 6.31. The van der Waals surface area contributed by atoms with Gasteiger partial charge >= 0.3 is 5.97 Å². The van der Waals surface area contributed by atoms with Crippen molar-refractivity contribution in [2.45, 2.75) is 38.4 Å². The number of carboxylic acids is 1. The summed E-state index contributed by atoms with van der Waals surface area (Å²) >= 11 is 6.16. The minimum absolute atomic E-state index is 0.0383. The van der Waals surface area contributed by atoms with Crippen molar-refractivity contribution in [1.29, 1.82) is 0 Å². The number of nitrogens with zero attached hydrogens (tertiary/aromatic N) is 3. The molecule has 1 aromatic heterocycles. The minimum Gasteiger partial charge on any atom is -0.480 e. The molecule has 1 aromatic carbocycles. The van der Waals surface area contributed by atoms with Gasteiger partial charge < -0.3 is 10.4 Å². The number of amides is 1. The Kier molecular flexibility index (Phi) is 6.13. The van der Waals surface area contributed by atoms with Crippen LogP contribution >= 0.6 is 11.6 Å². The first-order chi connectivity index (χ1) is 13.0. The lowest BCUT2D eigenvalue weighted by Gasteiger charge is -2.42. The summed E-state index contributed by atoms with van der Waals surface area (Å²) in [6, 6.07) is 7.81. The molecule has 2 aromatic rings. The maximum Gasteiger partial charge on any atom is 0.317 e. The fourth-order valence-corrected chi connectivity index (χ4v) is 3.51. The minimum atomic E-state index is -0.824. The van der Waals surface area contributed by atoms with Gasteiger partial charge in [-0.3, -0.25) is 19.2 Å². The van der Waals surface area contributed by atoms with Crippen LogP contribution in [-0.2, 0) is 11.3 Å². The van der Waals surface area contributed by atoms with Gasteiger partial charge in [-0.05, 0) is 31.0 Å². The van der Waals surface area contributed by atoms with Gasteiger partial charge in [-0.25, -0.2) is 0 Å². The highest BCUT2D eigenvalue weighted by atomic mass is 35.5. The first kappa shape index (κ1) is 19.4. The Balaban J connectivity index is 1.51. The molecule has 0 saturated heterocycles. The van der Waals surface area contributed by atoms with Crippen molar-refractivity contribution in [1.82, 2.24) is 20.0 Å². The Morgan fingerprint density at radius 3 is 2.78 bits per heavy atom. The van der Waals surface area contributed by atoms with E-state index in [4.69, 9.17) is 16.7 Å². The van der Waals surface area contributed by atoms with Gasteiger partial charge in [0.05, 0.1) is 24.8 Å². The summed E-state index contributed by atoms with van der Waals surface area (Å²) in [6.45, 7) is 3.17. The standard InChI is InChI=1S/C19H23ClN4O3/c1-2-23(12-18(25)26)16-7-15(8-16)22-19(27)14-9-21-24(11-14)10-13-5-3-4-6-17(13)20/h3-6,9,11,15-16H,2,7-8,10,12H2,1H3,(H,22,27)(H,25,26). The lowest BCUT2D eigenvalue weighted by molar-refractivity contribution is -0.139. The quantitative estimate of drug-likeness (QED) is 0.721. The molecule has 0 radical (unpaired) electrons. The summed E-state index contributed by atoms with van der Waals surface area (Å²) in [6.07, 6.45) is 4.78. The number of carbonyl (C=O) groups excluding carboxylic acids is 1. The molecule has 27 heavy (non-hydrogen) atoms. The number of carboxylic acid groups (broad SMARTS) is 1. The molecule has 1 amide bonds. The van der Waals surface area contributed by atoms with Crippen molar-refractivity contribution >= 4 is 23.5 Å². The Labute approximate surface area is 162 Å². The van der Waals surface area contributed by atoms with Crippen molar-refractivity contribution < 1.29 is 14.7 Å². The summed E-state index contributed by atoms with van der Waals surface area (Å²) < 4.78 is 1.69. The monoisotopic (exact) mass is 390 g/mol. The summed E-state index contributed by atoms with van der Waals surface area (Å²) in [5.41, 5.74) is 1.44. The molecule has 1 fully saturated rings. The molecule has 0 aliphatic heterocycles. The third-order valence-corrected chi connectivity index (χ3v) is 5.26. The van der Waals surface area contributed by atoms with E-state index in [1.54, 1.807) is 17.1 Å². The first-order valence-electron chi connectivity index (χ1n) is 8.98. The molecule has 1 heterocycles. The van der Waals surface area contributed by atoms with Gasteiger partial charge in [-0.15, -0.1) is 0 Å². The van der Waals surface area contributed by atoms with Crippen molar-refractivity contribution in [3.05, 3.63) is 52.8 Å². The van der Waals surface area contributed by atoms with Crippen LogP contribution in [0.4, 0.5) is 0 Å². The van der Waals surface area contributed by atoms with Crippen LogP contribution in [0, 0.1) is 0 Å². The largest absolute Gasteiger partial charge is 0.480 e. The van der Waals surface area contributed by atoms with E-state index in [0.29, 0.717) is 23.7 Å². The molecule has 1 saturated carbocycles. The molecule has 3 rings (SSSR count). The highest BCUT2D eigenvalue weighted by Gasteiger charge is 2.34. The molecule has 1 aliphatic carbocycles. The number of likely N-dealkylation sites (N-methyl/N-ethyl adjacent to an activating group) is 1. The summed E-state index contributed by atoms with van der Waals surface area (Å²) in [5, 5.41) is 16.8. The van der Waals surface area contributed by atoms with Crippen LogP contribution in [0.1, 0.15) is 35.7 Å². The van der Waals surface area contributed by atoms with Crippen LogP contribution in [0.25, 0.3) is 0 Å². The second kappa shape index (κ2) is 8.54. The molecule has 7 nitrogen and oxygen atoms in total. The zero-order valence-corrected chi connectivity index (χ0v) is 15.9. The molecule has 1 aliphatic rings. The number of hydrogen-bond donors (Lipinski definition) is 2. The van der Waals surface area contributed by atoms with E-state index in [-0.39, 0.29) is 24.5 Å². The number of carbonyl (C=O) groups is 2. The van der Waals surface area contributed by atoms with Gasteiger partial charge in [0.25, 0.3) is 5.91 Å². The van der Waals surface area contributed by atoms with Crippen molar-refractivity contribution in [2.24, 2.45) is 0 Å². The maximum atomic E-state index is 12.4. The SMILES string of the molecule is CCN(CC(=O)O)C1CC(NC(=O)c2cnn(Cc3ccccc3Cl)c2)C1. The number of nitrogens with one attached hydrogen (secondary N) is 1. The molecule has 0 atom stereocenters. The van der Waals surface area contributed by atoms with Crippen molar-refractivity contribution in [3.8, 4) is 0 Å². The lowest BCUT2D eigenvalue weighted by atomic mass is 9.85. The van der Waals surface area contributed by atoms with E-state index in [0.717, 1.165) is 18.4 Å². The zero-order chi connectivity index (χ0) is 19.4. The predicted octanol–water partition coefficient (Wildman–Crippen LogP) is 2.25. The zero-order valence-electron chi connectivity index (χ0n) is 15.1. The fourth-order valence-electron chi connectivity index (χ4n) is 3.31. The molecule has 144 valence electrons. The average Bonchev–Trinajstić information content (AvgIpc) is 3.06. The highest BCUT2D eigenvalue weighted by Crippen LogP contribution is 2.26. The van der Waals surface area contributed by atoms with Gasteiger partial charge in [-0.1, -0.05) is 36.7 Å². The van der Waals surface area contributed by atoms with E-state index >= 15 is 0 Å². The van der Waals surface area contributed by atoms with Crippen LogP contribution in [0.2, 0.25) is 5.02 Å². The van der Waals surface area contributed by atoms with Crippen LogP contribution in [-0.4, -0.2) is 56.8 Å². The second-order valence-corrected chi connectivity index (χ2v) is 7.18. The Hall–Kier alpha value is -2.38. The third kappa shape index (κ3) is 4.87. The van der Waals surface area contributed by atoms with Gasteiger partial charge in [0.15, 0.2) is 0 Å². The number of benzene rings is 1. The summed E-state index contributed by atoms with van der Waals surface area (Å²) in [5.74, 6) is -0.986. The molecule has 0 bridgehead atoms. The Morgan fingerprint density at radius 1 is 1.37 bits per heavy atom. The van der Waals surface area contributed by atoms with Crippen LogP contribution in [0.3, 0.4) is 0 Å². The van der Waals surface area contributed by atoms with Gasteiger partial charge in [0.2, 0.25) is 0 Å². The number of aliphatic carboxylic acids is 1. The summed E-state index contributed by atoms with van der Waals surface area (Å²) in [4.78, 5) is 25.2. The molecule has 8 heteroatoms. The molecular formula is C19H23ClN4O3. The topological polar surface area (TPSA) is 87.5 Å². The van der Waals surface area contributed by atoms with Crippen LogP contribution < -0.4 is 5.32 Å². The third-order valence-electron chi connectivity index (χ3n) is 4.89. The molecular weight excluding hydrogens is 368 g/mol. The van der Waals surface area contributed by atoms with Crippen LogP contribution in [0.15, 0.2) is 36.7 Å². The maximum absolute atomic E-state index is 12.4. The van der Waals surface area contributed by atoms with E-state index in [2.05, 4.69) is 10.4 Å². The van der Waals surface area contributed by atoms with E-state index in [1.807, 2.05) is 36.1 Å². The Bertz CT molecular complexity index is 817. The van der Waals surface area contributed by atoms with Gasteiger partial charge in [0.1, 0.15) is 0 Å². The lowest BCUT2D eigenvalue weighted by Crippen LogP contribution is -2.54. The summed E-state index contributed by atoms with van der Waals surface area (Å²) in [7, 11) is 0. The van der Waals surface area contributed by atoms with Crippen molar-refractivity contribution in [3.63, 3.8) is 0 Å². The molecule has 2 N–H and O–H groups in total. The van der Waals surface area contributed by atoms with Crippen LogP contribution in [0.5, 0.6) is 0 Å². The number of aromatic nitrogens is 2. The van der Waals surface area contributed by atoms with Gasteiger partial charge in [0, 0.05) is 23.3 Å². The average molecular weight is 391 g/mol. The number of hydrogen-bond acceptors (Lipinski definition) is 4. The Morgan fingerprint density at radius 2 is 2.11 bits per heavy atom. The van der Waals surface area contributed by atoms with E-state index in [9.17, 15) is 9.59 Å². The van der Waals surface area contributed by atoms with Gasteiger partial charge in [-0.2, -0.15) is 5.10 Å². The molecule has 0 spiro atoms. The first-order valence-corrected chi connectivity index (χ1v) is 9.36. The fraction of sp³-hybridized carbons (Fsp3) is 0.421. The smallest absolute Gasteiger partial charge is 0.317 e. The number of halogens is 1. The van der Waals surface area contributed by atoms with E-state index < -0.39 is 5.97 Å². The second-order valence-electron chi connectivity index (χ2n) is 6.77. The van der Waals surface area contributed by atoms with Crippen molar-refractivity contribution in [2.75, 3.05) is 13.1 Å². The number of rotatable bonds is 8. The molecule has 0 unspecified atom stereocenters. The van der Waals surface area contributed by atoms with E-state index in [1.165, 1.54) is 0 Å². The predicted molar refractivity (Wildman–Crippen MR) is 102 cm³/mol.